The molecule has 0 unspecified atom stereocenters. The van der Waals surface area contributed by atoms with Crippen molar-refractivity contribution in [1.82, 2.24) is 5.32 Å². The molecule has 0 aromatic heterocycles. The second-order valence-electron chi connectivity index (χ2n) is 4.28. The zero-order valence-electron chi connectivity index (χ0n) is 11.1. The number of methoxy groups -OCH3 is 1. The molecule has 0 bridgehead atoms. The molecule has 0 spiro atoms. The largest absolute Gasteiger partial charge is 0.496 e. The van der Waals surface area contributed by atoms with Crippen LogP contribution in [0, 0.1) is 6.92 Å². The molecule has 0 saturated heterocycles. The number of carbonyl (C=O) groups excluding carboxylic acids is 2. The van der Waals surface area contributed by atoms with Gasteiger partial charge in [-0.3, -0.25) is 9.59 Å². The predicted molar refractivity (Wildman–Crippen MR) is 69.7 cm³/mol. The number of ether oxygens (including phenoxy) is 1. The number of Topliss-reactive ketones (excluding diaryl/α,β-unsaturated/α-hetero) is 1. The highest BCUT2D eigenvalue weighted by molar-refractivity contribution is 5.96. The molecule has 0 aliphatic carbocycles. The summed E-state index contributed by atoms with van der Waals surface area (Å²) in [6.45, 7) is 3.93. The van der Waals surface area contributed by atoms with Gasteiger partial charge >= 0.3 is 0 Å². The Bertz CT molecular complexity index is 441. The van der Waals surface area contributed by atoms with E-state index in [4.69, 9.17) is 4.74 Å². The lowest BCUT2D eigenvalue weighted by molar-refractivity contribution is -0.127. The molecule has 1 aromatic carbocycles. The van der Waals surface area contributed by atoms with Gasteiger partial charge in [0.15, 0.2) is 0 Å². The van der Waals surface area contributed by atoms with Gasteiger partial charge < -0.3 is 10.1 Å². The number of aryl methyl sites for hydroxylation is 1. The van der Waals surface area contributed by atoms with Gasteiger partial charge in [0.2, 0.25) is 5.91 Å². The summed E-state index contributed by atoms with van der Waals surface area (Å²) in [5.41, 5.74) is 2.21. The van der Waals surface area contributed by atoms with E-state index in [1.54, 1.807) is 7.11 Å². The van der Waals surface area contributed by atoms with Crippen LogP contribution in [0.2, 0.25) is 0 Å². The minimum atomic E-state index is -0.215. The maximum Gasteiger partial charge on any atom is 0.227 e. The number of ketones is 1. The molecule has 1 rings (SSSR count). The Kier molecular flexibility index (Phi) is 5.36. The van der Waals surface area contributed by atoms with E-state index in [0.29, 0.717) is 6.54 Å². The van der Waals surface area contributed by atoms with Crippen LogP contribution < -0.4 is 10.1 Å². The van der Waals surface area contributed by atoms with E-state index in [0.717, 1.165) is 23.3 Å². The number of hydrogen-bond donors (Lipinski definition) is 1. The van der Waals surface area contributed by atoms with Crippen LogP contribution in [0.25, 0.3) is 0 Å². The molecule has 0 radical (unpaired) electrons. The van der Waals surface area contributed by atoms with Gasteiger partial charge in [-0.2, -0.15) is 0 Å². The molecule has 0 aliphatic rings. The molecule has 1 N–H and O–H groups in total. The number of nitrogens with one attached hydrogen (secondary N) is 1. The third-order valence-electron chi connectivity index (χ3n) is 2.60. The van der Waals surface area contributed by atoms with Crippen molar-refractivity contribution >= 4 is 11.7 Å². The zero-order chi connectivity index (χ0) is 13.5. The highest BCUT2D eigenvalue weighted by Gasteiger charge is 2.04. The van der Waals surface area contributed by atoms with Crippen molar-refractivity contribution in [2.75, 3.05) is 13.7 Å². The lowest BCUT2D eigenvalue weighted by Gasteiger charge is -2.08. The second kappa shape index (κ2) is 6.79. The van der Waals surface area contributed by atoms with Crippen LogP contribution >= 0.6 is 0 Å². The van der Waals surface area contributed by atoms with Crippen LogP contribution in [0.3, 0.4) is 0 Å². The highest BCUT2D eigenvalue weighted by Crippen LogP contribution is 2.18. The number of hydrogen-bond acceptors (Lipinski definition) is 3. The topological polar surface area (TPSA) is 55.4 Å². The smallest absolute Gasteiger partial charge is 0.227 e. The van der Waals surface area contributed by atoms with E-state index < -0.39 is 0 Å². The SMILES string of the molecule is COc1ccc(CCNC(=O)CC(C)=O)cc1C. The van der Waals surface area contributed by atoms with Crippen LogP contribution in [-0.2, 0) is 16.0 Å². The van der Waals surface area contributed by atoms with Gasteiger partial charge in [-0.25, -0.2) is 0 Å². The van der Waals surface area contributed by atoms with Crippen molar-refractivity contribution in [3.8, 4) is 5.75 Å². The fourth-order valence-electron chi connectivity index (χ4n) is 1.73. The summed E-state index contributed by atoms with van der Waals surface area (Å²) in [6.07, 6.45) is 0.704. The standard InChI is InChI=1S/C14H19NO3/c1-10-8-12(4-5-13(10)18-3)6-7-15-14(17)9-11(2)16/h4-5,8H,6-7,9H2,1-3H3,(H,15,17). The number of rotatable bonds is 6. The maximum atomic E-state index is 11.3. The third-order valence-corrected chi connectivity index (χ3v) is 2.60. The Balaban J connectivity index is 2.42. The Labute approximate surface area is 107 Å². The van der Waals surface area contributed by atoms with Crippen LogP contribution in [0.5, 0.6) is 5.75 Å². The molecule has 18 heavy (non-hydrogen) atoms. The van der Waals surface area contributed by atoms with Crippen LogP contribution in [-0.4, -0.2) is 25.3 Å². The van der Waals surface area contributed by atoms with Gasteiger partial charge in [-0.05, 0) is 37.5 Å². The summed E-state index contributed by atoms with van der Waals surface area (Å²) in [4.78, 5) is 22.0. The monoisotopic (exact) mass is 249 g/mol. The minimum Gasteiger partial charge on any atom is -0.496 e. The first-order valence-electron chi connectivity index (χ1n) is 5.92. The van der Waals surface area contributed by atoms with Gasteiger partial charge in [-0.15, -0.1) is 0 Å². The molecule has 1 aromatic rings. The van der Waals surface area contributed by atoms with E-state index >= 15 is 0 Å². The molecular weight excluding hydrogens is 230 g/mol. The Morgan fingerprint density at radius 2 is 2.06 bits per heavy atom. The fourth-order valence-corrected chi connectivity index (χ4v) is 1.73. The molecule has 4 nitrogen and oxygen atoms in total. The van der Waals surface area contributed by atoms with Crippen LogP contribution in [0.15, 0.2) is 18.2 Å². The molecule has 0 heterocycles. The first kappa shape index (κ1) is 14.2. The molecule has 4 heteroatoms. The number of carbonyl (C=O) groups is 2. The Morgan fingerprint density at radius 1 is 1.33 bits per heavy atom. The Morgan fingerprint density at radius 3 is 2.61 bits per heavy atom. The van der Waals surface area contributed by atoms with E-state index in [1.165, 1.54) is 6.92 Å². The molecule has 98 valence electrons. The molecule has 0 fully saturated rings. The van der Waals surface area contributed by atoms with Crippen LogP contribution in [0.4, 0.5) is 0 Å². The average Bonchev–Trinajstić information content (AvgIpc) is 2.28. The van der Waals surface area contributed by atoms with Crippen molar-refractivity contribution in [3.05, 3.63) is 29.3 Å². The van der Waals surface area contributed by atoms with Crippen molar-refractivity contribution in [1.29, 1.82) is 0 Å². The third kappa shape index (κ3) is 4.57. The van der Waals surface area contributed by atoms with E-state index in [-0.39, 0.29) is 18.1 Å². The summed E-state index contributed by atoms with van der Waals surface area (Å²) >= 11 is 0. The van der Waals surface area contributed by atoms with Gasteiger partial charge in [0.05, 0.1) is 13.5 Å². The first-order valence-corrected chi connectivity index (χ1v) is 5.92. The molecule has 0 aliphatic heterocycles. The van der Waals surface area contributed by atoms with Gasteiger partial charge in [0.1, 0.15) is 11.5 Å². The Hall–Kier alpha value is -1.84. The quantitative estimate of drug-likeness (QED) is 0.780. The molecule has 0 atom stereocenters. The van der Waals surface area contributed by atoms with E-state index in [9.17, 15) is 9.59 Å². The fraction of sp³-hybridized carbons (Fsp3) is 0.429. The molecular formula is C14H19NO3. The summed E-state index contributed by atoms with van der Waals surface area (Å²) in [7, 11) is 1.64. The molecule has 0 saturated carbocycles. The van der Waals surface area contributed by atoms with Crippen LogP contribution in [0.1, 0.15) is 24.5 Å². The zero-order valence-corrected chi connectivity index (χ0v) is 11.1. The second-order valence-corrected chi connectivity index (χ2v) is 4.28. The maximum absolute atomic E-state index is 11.3. The van der Waals surface area contributed by atoms with E-state index in [2.05, 4.69) is 5.32 Å². The summed E-state index contributed by atoms with van der Waals surface area (Å²) in [5, 5.41) is 2.72. The van der Waals surface area contributed by atoms with Crippen molar-refractivity contribution in [3.63, 3.8) is 0 Å². The summed E-state index contributed by atoms with van der Waals surface area (Å²) < 4.78 is 5.18. The van der Waals surface area contributed by atoms with Crippen molar-refractivity contribution in [2.45, 2.75) is 26.7 Å². The summed E-state index contributed by atoms with van der Waals surface area (Å²) in [6, 6.07) is 5.93. The molecule has 1 amide bonds. The normalized spacial score (nSPS) is 9.94. The lowest BCUT2D eigenvalue weighted by Crippen LogP contribution is -2.27. The van der Waals surface area contributed by atoms with E-state index in [1.807, 2.05) is 25.1 Å². The van der Waals surface area contributed by atoms with Crippen molar-refractivity contribution in [2.24, 2.45) is 0 Å². The predicted octanol–water partition coefficient (Wildman–Crippen LogP) is 1.64. The highest BCUT2D eigenvalue weighted by atomic mass is 16.5. The number of amides is 1. The number of benzene rings is 1. The lowest BCUT2D eigenvalue weighted by atomic mass is 10.1. The van der Waals surface area contributed by atoms with Gasteiger partial charge in [-0.1, -0.05) is 12.1 Å². The van der Waals surface area contributed by atoms with Gasteiger partial charge in [0, 0.05) is 6.54 Å². The minimum absolute atomic E-state index is 0.0400. The first-order chi connectivity index (χ1) is 8.52. The average molecular weight is 249 g/mol. The van der Waals surface area contributed by atoms with Crippen molar-refractivity contribution < 1.29 is 14.3 Å². The van der Waals surface area contributed by atoms with Gasteiger partial charge in [0.25, 0.3) is 0 Å². The summed E-state index contributed by atoms with van der Waals surface area (Å²) in [5.74, 6) is 0.528.